The molecule has 0 spiro atoms. The van der Waals surface area contributed by atoms with E-state index >= 15 is 0 Å². The molecule has 1 atom stereocenters. The van der Waals surface area contributed by atoms with Crippen molar-refractivity contribution in [2.24, 2.45) is 5.73 Å². The number of halogens is 3. The van der Waals surface area contributed by atoms with Gasteiger partial charge in [-0.2, -0.15) is 13.2 Å². The molecule has 2 nitrogen and oxygen atoms in total. The van der Waals surface area contributed by atoms with E-state index in [9.17, 15) is 13.2 Å². The maximum atomic E-state index is 12.2. The minimum Gasteiger partial charge on any atom is -0.366 e. The first-order chi connectivity index (χ1) is 7.83. The van der Waals surface area contributed by atoms with Crippen LogP contribution in [0.3, 0.4) is 0 Å². The molecule has 0 unspecified atom stereocenters. The van der Waals surface area contributed by atoms with Gasteiger partial charge in [0.05, 0.1) is 0 Å². The van der Waals surface area contributed by atoms with Crippen molar-refractivity contribution in [3.05, 3.63) is 29.8 Å². The van der Waals surface area contributed by atoms with E-state index in [1.54, 1.807) is 24.3 Å². The fourth-order valence-electron chi connectivity index (χ4n) is 1.57. The highest BCUT2D eigenvalue weighted by Crippen LogP contribution is 2.22. The lowest BCUT2D eigenvalue weighted by Gasteiger charge is -2.21. The van der Waals surface area contributed by atoms with Gasteiger partial charge in [-0.25, -0.2) is 0 Å². The van der Waals surface area contributed by atoms with Crippen molar-refractivity contribution < 1.29 is 13.2 Å². The van der Waals surface area contributed by atoms with E-state index in [1.165, 1.54) is 11.9 Å². The Morgan fingerprint density at radius 1 is 1.24 bits per heavy atom. The molecule has 1 aromatic carbocycles. The minimum absolute atomic E-state index is 0.0584. The normalized spacial score (nSPS) is 13.5. The van der Waals surface area contributed by atoms with Gasteiger partial charge in [-0.1, -0.05) is 19.1 Å². The largest absolute Gasteiger partial charge is 0.405 e. The Hall–Kier alpha value is -1.23. The molecule has 0 heterocycles. The predicted molar refractivity (Wildman–Crippen MR) is 63.0 cm³/mol. The van der Waals surface area contributed by atoms with Crippen molar-refractivity contribution in [3.63, 3.8) is 0 Å². The molecule has 0 fully saturated rings. The molecule has 0 saturated heterocycles. The molecule has 2 N–H and O–H groups in total. The lowest BCUT2D eigenvalue weighted by Crippen LogP contribution is -2.30. The number of hydrogen-bond acceptors (Lipinski definition) is 2. The number of alkyl halides is 3. The van der Waals surface area contributed by atoms with Crippen LogP contribution in [0, 0.1) is 0 Å². The second-order valence-electron chi connectivity index (χ2n) is 4.08. The summed E-state index contributed by atoms with van der Waals surface area (Å²) >= 11 is 0. The smallest absolute Gasteiger partial charge is 0.366 e. The molecule has 0 aromatic heterocycles. The van der Waals surface area contributed by atoms with Gasteiger partial charge in [0.2, 0.25) is 0 Å². The first kappa shape index (κ1) is 13.8. The van der Waals surface area contributed by atoms with Crippen molar-refractivity contribution in [1.29, 1.82) is 0 Å². The Morgan fingerprint density at radius 3 is 2.18 bits per heavy atom. The second kappa shape index (κ2) is 5.40. The molecule has 0 amide bonds. The molecule has 1 rings (SSSR count). The van der Waals surface area contributed by atoms with Crippen LogP contribution in [0.25, 0.3) is 0 Å². The van der Waals surface area contributed by atoms with Crippen LogP contribution in [-0.4, -0.2) is 19.8 Å². The topological polar surface area (TPSA) is 29.3 Å². The van der Waals surface area contributed by atoms with Crippen LogP contribution in [0.4, 0.5) is 18.9 Å². The Bertz CT molecular complexity index is 346. The van der Waals surface area contributed by atoms with Crippen LogP contribution in [0.2, 0.25) is 0 Å². The van der Waals surface area contributed by atoms with E-state index in [2.05, 4.69) is 0 Å². The summed E-state index contributed by atoms with van der Waals surface area (Å²) in [5.41, 5.74) is 7.31. The van der Waals surface area contributed by atoms with Crippen LogP contribution < -0.4 is 10.6 Å². The van der Waals surface area contributed by atoms with Crippen LogP contribution >= 0.6 is 0 Å². The monoisotopic (exact) mass is 246 g/mol. The summed E-state index contributed by atoms with van der Waals surface area (Å²) in [6.45, 7) is 1.01. The van der Waals surface area contributed by atoms with Gasteiger partial charge < -0.3 is 10.6 Å². The molecule has 0 bridgehead atoms. The van der Waals surface area contributed by atoms with E-state index in [-0.39, 0.29) is 6.04 Å². The molecule has 96 valence electrons. The van der Waals surface area contributed by atoms with Crippen LogP contribution in [0.1, 0.15) is 24.9 Å². The minimum atomic E-state index is -4.19. The van der Waals surface area contributed by atoms with Crippen LogP contribution in [-0.2, 0) is 0 Å². The van der Waals surface area contributed by atoms with Gasteiger partial charge in [-0.15, -0.1) is 0 Å². The Kier molecular flexibility index (Phi) is 4.40. The zero-order valence-corrected chi connectivity index (χ0v) is 9.96. The van der Waals surface area contributed by atoms with Gasteiger partial charge >= 0.3 is 6.18 Å². The third-order valence-electron chi connectivity index (χ3n) is 2.62. The zero-order chi connectivity index (χ0) is 13.1. The number of anilines is 1. The Labute approximate surface area is 99.2 Å². The average Bonchev–Trinajstić information content (AvgIpc) is 2.26. The van der Waals surface area contributed by atoms with Gasteiger partial charge in [-0.05, 0) is 24.1 Å². The molecule has 1 aromatic rings. The van der Waals surface area contributed by atoms with Gasteiger partial charge in [-0.3, -0.25) is 0 Å². The fraction of sp³-hybridized carbons (Fsp3) is 0.500. The van der Waals surface area contributed by atoms with Crippen molar-refractivity contribution in [2.75, 3.05) is 18.5 Å². The van der Waals surface area contributed by atoms with Gasteiger partial charge in [0.25, 0.3) is 0 Å². The van der Waals surface area contributed by atoms with Crippen molar-refractivity contribution in [2.45, 2.75) is 25.6 Å². The van der Waals surface area contributed by atoms with Crippen LogP contribution in [0.5, 0.6) is 0 Å². The van der Waals surface area contributed by atoms with Gasteiger partial charge in [0.1, 0.15) is 6.54 Å². The first-order valence-electron chi connectivity index (χ1n) is 5.47. The number of rotatable bonds is 4. The first-order valence-corrected chi connectivity index (χ1v) is 5.47. The summed E-state index contributed by atoms with van der Waals surface area (Å²) in [5, 5.41) is 0. The highest BCUT2D eigenvalue weighted by molar-refractivity contribution is 5.47. The van der Waals surface area contributed by atoms with E-state index in [1.807, 2.05) is 6.92 Å². The Balaban J connectivity index is 2.74. The zero-order valence-electron chi connectivity index (χ0n) is 9.96. The SMILES string of the molecule is CC[C@@H](N)c1ccc(N(C)CC(F)(F)F)cc1. The molecule has 0 radical (unpaired) electrons. The maximum Gasteiger partial charge on any atom is 0.405 e. The number of nitrogens with zero attached hydrogens (tertiary/aromatic N) is 1. The van der Waals surface area contributed by atoms with Crippen LogP contribution in [0.15, 0.2) is 24.3 Å². The molecule has 0 saturated carbocycles. The molecule has 0 aliphatic heterocycles. The fourth-order valence-corrected chi connectivity index (χ4v) is 1.57. The molecular weight excluding hydrogens is 229 g/mol. The maximum absolute atomic E-state index is 12.2. The molecule has 0 aliphatic carbocycles. The lowest BCUT2D eigenvalue weighted by molar-refractivity contribution is -0.119. The number of nitrogens with two attached hydrogens (primary N) is 1. The third-order valence-corrected chi connectivity index (χ3v) is 2.62. The second-order valence-corrected chi connectivity index (χ2v) is 4.08. The average molecular weight is 246 g/mol. The van der Waals surface area contributed by atoms with Gasteiger partial charge in [0.15, 0.2) is 0 Å². The summed E-state index contributed by atoms with van der Waals surface area (Å²) in [6, 6.07) is 6.82. The van der Waals surface area contributed by atoms with Crippen molar-refractivity contribution in [3.8, 4) is 0 Å². The molecule has 5 heteroatoms. The standard InChI is InChI=1S/C12H17F3N2/c1-3-11(16)9-4-6-10(7-5-9)17(2)8-12(13,14)15/h4-7,11H,3,8,16H2,1-2H3/t11-/m1/s1. The van der Waals surface area contributed by atoms with Crippen molar-refractivity contribution in [1.82, 2.24) is 0 Å². The summed E-state index contributed by atoms with van der Waals surface area (Å²) in [4.78, 5) is 1.17. The molecule has 17 heavy (non-hydrogen) atoms. The van der Waals surface area contributed by atoms with E-state index < -0.39 is 12.7 Å². The van der Waals surface area contributed by atoms with E-state index in [4.69, 9.17) is 5.73 Å². The molecule has 0 aliphatic rings. The summed E-state index contributed by atoms with van der Waals surface area (Å²) < 4.78 is 36.6. The van der Waals surface area contributed by atoms with Gasteiger partial charge in [0, 0.05) is 18.8 Å². The predicted octanol–water partition coefficient (Wildman–Crippen LogP) is 3.09. The highest BCUT2D eigenvalue weighted by atomic mass is 19.4. The Morgan fingerprint density at radius 2 is 1.76 bits per heavy atom. The number of benzene rings is 1. The molecular formula is C12H17F3N2. The van der Waals surface area contributed by atoms with Crippen molar-refractivity contribution >= 4 is 5.69 Å². The summed E-state index contributed by atoms with van der Waals surface area (Å²) in [5.74, 6) is 0. The number of hydrogen-bond donors (Lipinski definition) is 1. The summed E-state index contributed by atoms with van der Waals surface area (Å²) in [7, 11) is 1.42. The van der Waals surface area contributed by atoms with E-state index in [0.29, 0.717) is 5.69 Å². The summed E-state index contributed by atoms with van der Waals surface area (Å²) in [6.07, 6.45) is -3.38. The highest BCUT2D eigenvalue weighted by Gasteiger charge is 2.29. The lowest BCUT2D eigenvalue weighted by atomic mass is 10.1. The third kappa shape index (κ3) is 4.26. The van der Waals surface area contributed by atoms with E-state index in [0.717, 1.165) is 12.0 Å². The quantitative estimate of drug-likeness (QED) is 0.884.